The van der Waals surface area contributed by atoms with Gasteiger partial charge in [-0.25, -0.2) is 17.2 Å². The molecule has 3 aromatic rings. The molecule has 0 fully saturated rings. The lowest BCUT2D eigenvalue weighted by Gasteiger charge is -2.32. The molecule has 0 aliphatic heterocycles. The number of aliphatic hydroxyl groups excluding tert-OH is 1. The number of carbonyl (C=O) groups excluding carboxylic acids is 2. The van der Waals surface area contributed by atoms with Crippen molar-refractivity contribution in [2.45, 2.75) is 88.7 Å². The van der Waals surface area contributed by atoms with Crippen molar-refractivity contribution in [1.29, 1.82) is 0 Å². The van der Waals surface area contributed by atoms with Crippen LogP contribution in [0.1, 0.15) is 62.6 Å². The van der Waals surface area contributed by atoms with Gasteiger partial charge in [0.25, 0.3) is 0 Å². The first kappa shape index (κ1) is 40.6. The number of sulfone groups is 1. The minimum atomic E-state index is -3.84. The number of nitrogens with one attached hydrogen (secondary N) is 1. The lowest BCUT2D eigenvalue weighted by Crippen LogP contribution is -2.56. The number of ether oxygens (including phenoxy) is 1. The largest absolute Gasteiger partial charge is 0.497 e. The Hall–Kier alpha value is -3.87. The average Bonchev–Trinajstić information content (AvgIpc) is 3.08. The second-order valence-electron chi connectivity index (χ2n) is 12.7. The van der Waals surface area contributed by atoms with Crippen molar-refractivity contribution >= 4 is 21.7 Å². The van der Waals surface area contributed by atoms with Crippen LogP contribution in [0.3, 0.4) is 0 Å². The van der Waals surface area contributed by atoms with Crippen LogP contribution < -0.4 is 15.8 Å². The standard InChI is InChI=1S/C38H51F2N3O6S/c1-4-10-33(11-5-2)50(47,48)26-35(42-37(45)17-16-27-12-7-6-8-13-27)38(46)43(19-18-28-14-9-15-32(22-28)49-3)25-36(44)34(41)23-29-20-30(39)24-31(40)21-29/h6-9,12-15,20-22,24,33-36,44H,4-5,10-11,16-19,23,25-26,41H2,1-3H3,(H,42,45)/t34-,35?,36+/m0/s1. The fraction of sp³-hybridized carbons (Fsp3) is 0.474. The molecule has 3 atom stereocenters. The molecule has 1 unspecified atom stereocenters. The highest BCUT2D eigenvalue weighted by molar-refractivity contribution is 7.92. The molecule has 274 valence electrons. The van der Waals surface area contributed by atoms with Gasteiger partial charge in [0.2, 0.25) is 11.8 Å². The summed E-state index contributed by atoms with van der Waals surface area (Å²) >= 11 is 0. The highest BCUT2D eigenvalue weighted by atomic mass is 32.2. The molecule has 0 aromatic heterocycles. The van der Waals surface area contributed by atoms with Crippen LogP contribution in [0.15, 0.2) is 72.8 Å². The summed E-state index contributed by atoms with van der Waals surface area (Å²) in [5, 5.41) is 13.3. The summed E-state index contributed by atoms with van der Waals surface area (Å²) in [6.45, 7) is 3.53. The third kappa shape index (κ3) is 13.1. The molecular weight excluding hydrogens is 664 g/mol. The van der Waals surface area contributed by atoms with Crippen molar-refractivity contribution in [3.63, 3.8) is 0 Å². The van der Waals surface area contributed by atoms with E-state index in [-0.39, 0.29) is 31.5 Å². The van der Waals surface area contributed by atoms with Crippen LogP contribution in [0.4, 0.5) is 8.78 Å². The maximum Gasteiger partial charge on any atom is 0.246 e. The van der Waals surface area contributed by atoms with Gasteiger partial charge in [-0.05, 0) is 73.1 Å². The summed E-state index contributed by atoms with van der Waals surface area (Å²) in [6, 6.07) is 17.1. The van der Waals surface area contributed by atoms with E-state index in [0.717, 1.165) is 29.3 Å². The molecule has 4 N–H and O–H groups in total. The van der Waals surface area contributed by atoms with E-state index in [9.17, 15) is 31.9 Å². The van der Waals surface area contributed by atoms with Gasteiger partial charge in [0, 0.05) is 31.6 Å². The molecule has 0 saturated heterocycles. The number of carbonyl (C=O) groups is 2. The monoisotopic (exact) mass is 715 g/mol. The van der Waals surface area contributed by atoms with Crippen molar-refractivity contribution in [1.82, 2.24) is 10.2 Å². The van der Waals surface area contributed by atoms with Crippen LogP contribution in [-0.2, 0) is 38.7 Å². The van der Waals surface area contributed by atoms with Crippen LogP contribution in [0.2, 0.25) is 0 Å². The predicted molar refractivity (Wildman–Crippen MR) is 191 cm³/mol. The van der Waals surface area contributed by atoms with Gasteiger partial charge in [0.1, 0.15) is 23.4 Å². The molecule has 3 aromatic carbocycles. The van der Waals surface area contributed by atoms with Gasteiger partial charge in [-0.2, -0.15) is 0 Å². The van der Waals surface area contributed by atoms with E-state index in [4.69, 9.17) is 10.5 Å². The number of hydrogen-bond acceptors (Lipinski definition) is 7. The van der Waals surface area contributed by atoms with Crippen LogP contribution in [-0.4, -0.2) is 79.6 Å². The summed E-state index contributed by atoms with van der Waals surface area (Å²) in [5.41, 5.74) is 8.25. The zero-order valence-corrected chi connectivity index (χ0v) is 30.0. The Balaban J connectivity index is 1.91. The van der Waals surface area contributed by atoms with Crippen molar-refractivity contribution in [3.8, 4) is 5.75 Å². The molecule has 3 rings (SSSR count). The minimum absolute atomic E-state index is 0.0304. The molecule has 50 heavy (non-hydrogen) atoms. The minimum Gasteiger partial charge on any atom is -0.497 e. The molecular formula is C38H51F2N3O6S. The molecule has 0 bridgehead atoms. The fourth-order valence-electron chi connectivity index (χ4n) is 5.96. The number of amides is 2. The molecule has 9 nitrogen and oxygen atoms in total. The topological polar surface area (TPSA) is 139 Å². The van der Waals surface area contributed by atoms with E-state index in [1.165, 1.54) is 12.0 Å². The summed E-state index contributed by atoms with van der Waals surface area (Å²) in [5.74, 6) is -2.73. The third-order valence-corrected chi connectivity index (χ3v) is 10.9. The summed E-state index contributed by atoms with van der Waals surface area (Å²) in [7, 11) is -2.31. The zero-order chi connectivity index (χ0) is 36.7. The molecule has 0 aliphatic carbocycles. The highest BCUT2D eigenvalue weighted by Crippen LogP contribution is 2.19. The Morgan fingerprint density at radius 2 is 1.54 bits per heavy atom. The van der Waals surface area contributed by atoms with E-state index >= 15 is 0 Å². The summed E-state index contributed by atoms with van der Waals surface area (Å²) in [4.78, 5) is 29.0. The summed E-state index contributed by atoms with van der Waals surface area (Å²) < 4.78 is 60.6. The lowest BCUT2D eigenvalue weighted by atomic mass is 10.0. The first-order chi connectivity index (χ1) is 23.8. The van der Waals surface area contributed by atoms with Crippen LogP contribution >= 0.6 is 0 Å². The van der Waals surface area contributed by atoms with Crippen molar-refractivity contribution in [2.24, 2.45) is 5.73 Å². The zero-order valence-electron chi connectivity index (χ0n) is 29.2. The van der Waals surface area contributed by atoms with E-state index in [0.29, 0.717) is 44.3 Å². The number of aliphatic hydroxyl groups is 1. The first-order valence-corrected chi connectivity index (χ1v) is 18.9. The van der Waals surface area contributed by atoms with E-state index in [2.05, 4.69) is 5.32 Å². The van der Waals surface area contributed by atoms with Crippen LogP contribution in [0.25, 0.3) is 0 Å². The molecule has 0 saturated carbocycles. The Bertz CT molecular complexity index is 1600. The Labute approximate surface area is 295 Å². The first-order valence-electron chi connectivity index (χ1n) is 17.2. The number of aryl methyl sites for hydroxylation is 1. The number of halogens is 2. The van der Waals surface area contributed by atoms with Gasteiger partial charge >= 0.3 is 0 Å². The van der Waals surface area contributed by atoms with Gasteiger partial charge in [-0.1, -0.05) is 69.2 Å². The van der Waals surface area contributed by atoms with Gasteiger partial charge in [-0.15, -0.1) is 0 Å². The lowest BCUT2D eigenvalue weighted by molar-refractivity contribution is -0.137. The fourth-order valence-corrected chi connectivity index (χ4v) is 8.11. The Kier molecular flexibility index (Phi) is 16.3. The van der Waals surface area contributed by atoms with E-state index in [1.54, 1.807) is 18.2 Å². The van der Waals surface area contributed by atoms with Crippen LogP contribution in [0, 0.1) is 11.6 Å². The number of rotatable bonds is 21. The van der Waals surface area contributed by atoms with E-state index < -0.39 is 62.5 Å². The predicted octanol–water partition coefficient (Wildman–Crippen LogP) is 4.78. The van der Waals surface area contributed by atoms with Crippen molar-refractivity contribution < 1.29 is 36.6 Å². The maximum atomic E-state index is 14.4. The number of benzene rings is 3. The second kappa shape index (κ2) is 20.1. The van der Waals surface area contributed by atoms with Gasteiger partial charge in [-0.3, -0.25) is 9.59 Å². The third-order valence-electron chi connectivity index (χ3n) is 8.66. The van der Waals surface area contributed by atoms with Gasteiger partial charge < -0.3 is 25.8 Å². The molecule has 0 aliphatic rings. The number of hydrogen-bond donors (Lipinski definition) is 3. The van der Waals surface area contributed by atoms with Crippen molar-refractivity contribution in [3.05, 3.63) is 101 Å². The number of nitrogens with zero attached hydrogens (tertiary/aromatic N) is 1. The van der Waals surface area contributed by atoms with Crippen LogP contribution in [0.5, 0.6) is 5.75 Å². The highest BCUT2D eigenvalue weighted by Gasteiger charge is 2.35. The molecule has 2 amide bonds. The number of nitrogens with two attached hydrogens (primary N) is 1. The molecule has 0 spiro atoms. The summed E-state index contributed by atoms with van der Waals surface area (Å²) in [6.07, 6.45) is 1.42. The normalized spacial score (nSPS) is 13.4. The molecule has 0 radical (unpaired) electrons. The quantitative estimate of drug-likeness (QED) is 0.144. The van der Waals surface area contributed by atoms with Gasteiger partial charge in [0.05, 0.1) is 24.2 Å². The average molecular weight is 716 g/mol. The smallest absolute Gasteiger partial charge is 0.246 e. The Morgan fingerprint density at radius 1 is 0.900 bits per heavy atom. The van der Waals surface area contributed by atoms with Crippen molar-refractivity contribution in [2.75, 3.05) is 26.0 Å². The molecule has 0 heterocycles. The van der Waals surface area contributed by atoms with E-state index in [1.807, 2.05) is 50.2 Å². The number of methoxy groups -OCH3 is 1. The molecule has 12 heteroatoms. The maximum absolute atomic E-state index is 14.4. The SMILES string of the molecule is CCCC(CCC)S(=O)(=O)CC(NC(=O)CCc1ccccc1)C(=O)N(CCc1cccc(OC)c1)C[C@@H](O)[C@@H](N)Cc1cc(F)cc(F)c1. The Morgan fingerprint density at radius 3 is 2.16 bits per heavy atom. The van der Waals surface area contributed by atoms with Gasteiger partial charge in [0.15, 0.2) is 9.84 Å². The second-order valence-corrected chi connectivity index (χ2v) is 15.1.